The van der Waals surface area contributed by atoms with E-state index in [9.17, 15) is 28.8 Å². The van der Waals surface area contributed by atoms with Gasteiger partial charge in [0.25, 0.3) is 0 Å². The number of esters is 3. The first-order valence-corrected chi connectivity index (χ1v) is 17.0. The summed E-state index contributed by atoms with van der Waals surface area (Å²) in [4.78, 5) is 69.2. The predicted molar refractivity (Wildman–Crippen MR) is 182 cm³/mol. The largest absolute Gasteiger partial charge is 0.481 e. The van der Waals surface area contributed by atoms with Crippen LogP contribution in [-0.4, -0.2) is 97.2 Å². The Labute approximate surface area is 310 Å². The molecule has 3 fully saturated rings. The summed E-state index contributed by atoms with van der Waals surface area (Å²) in [6.45, 7) is 22.8. The normalized spacial score (nSPS) is 31.7. The van der Waals surface area contributed by atoms with Gasteiger partial charge in [-0.1, -0.05) is 41.5 Å². The number of carboxylic acids is 3. The number of carbonyl (C=O) groups excluding carboxylic acids is 3. The fourth-order valence-corrected chi connectivity index (χ4v) is 7.76. The number of hydrogen-bond donors (Lipinski definition) is 3. The van der Waals surface area contributed by atoms with Crippen molar-refractivity contribution in [1.82, 2.24) is 0 Å². The molecule has 0 aliphatic heterocycles. The van der Waals surface area contributed by atoms with E-state index in [1.54, 1.807) is 20.8 Å². The van der Waals surface area contributed by atoms with Crippen LogP contribution in [0.2, 0.25) is 0 Å². The molecule has 0 heterocycles. The number of carbonyl (C=O) groups is 6. The van der Waals surface area contributed by atoms with Crippen LogP contribution in [0.4, 0.5) is 0 Å². The number of ether oxygens (including phenoxy) is 3. The molecule has 49 heavy (non-hydrogen) atoms. The molecule has 12 nitrogen and oxygen atoms in total. The fourth-order valence-electron chi connectivity index (χ4n) is 7.76. The minimum absolute atomic E-state index is 0. The molecule has 0 aromatic heterocycles. The van der Waals surface area contributed by atoms with E-state index in [4.69, 9.17) is 29.5 Å². The maximum absolute atomic E-state index is 11.9. The zero-order chi connectivity index (χ0) is 37.7. The van der Waals surface area contributed by atoms with Gasteiger partial charge in [0.15, 0.2) is 0 Å². The molecule has 3 radical (unpaired) electrons. The SMILES string of the molecule is CCOC(=O)C1(C)CCC(C(=O)O)C1(C)C.CCOC(=O)C1(C)CCC(C(=O)O)C1(C)C.CCOC(=O)C1(C)CCC(C(=O)O)C1(C)C.[Bi]. The second kappa shape index (κ2) is 17.3. The molecular formula is C36H60BiO12. The van der Waals surface area contributed by atoms with Crippen LogP contribution in [-0.2, 0) is 43.0 Å². The molecule has 0 bridgehead atoms. The Morgan fingerprint density at radius 1 is 0.469 bits per heavy atom. The topological polar surface area (TPSA) is 191 Å². The van der Waals surface area contributed by atoms with E-state index < -0.39 is 68.2 Å². The summed E-state index contributed by atoms with van der Waals surface area (Å²) < 4.78 is 15.2. The Morgan fingerprint density at radius 3 is 0.776 bits per heavy atom. The summed E-state index contributed by atoms with van der Waals surface area (Å²) in [7, 11) is 0. The van der Waals surface area contributed by atoms with Crippen LogP contribution in [0.25, 0.3) is 0 Å². The molecule has 3 saturated carbocycles. The van der Waals surface area contributed by atoms with Gasteiger partial charge < -0.3 is 29.5 Å². The number of hydrogen-bond acceptors (Lipinski definition) is 9. The van der Waals surface area contributed by atoms with Crippen LogP contribution in [0.15, 0.2) is 0 Å². The van der Waals surface area contributed by atoms with E-state index in [-0.39, 0.29) is 44.1 Å². The summed E-state index contributed by atoms with van der Waals surface area (Å²) in [5, 5.41) is 27.4. The molecule has 281 valence electrons. The zero-order valence-corrected chi connectivity index (χ0v) is 35.0. The Kier molecular flexibility index (Phi) is 16.5. The quantitative estimate of drug-likeness (QED) is 0.143. The van der Waals surface area contributed by atoms with Crippen LogP contribution in [0.3, 0.4) is 0 Å². The van der Waals surface area contributed by atoms with Crippen LogP contribution >= 0.6 is 0 Å². The summed E-state index contributed by atoms with van der Waals surface area (Å²) >= 11 is 0. The third-order valence-electron chi connectivity index (χ3n) is 12.8. The smallest absolute Gasteiger partial charge is 0.312 e. The van der Waals surface area contributed by atoms with Gasteiger partial charge in [-0.05, 0) is 96.3 Å². The van der Waals surface area contributed by atoms with Crippen LogP contribution < -0.4 is 0 Å². The van der Waals surface area contributed by atoms with Crippen molar-refractivity contribution in [1.29, 1.82) is 0 Å². The first-order valence-electron chi connectivity index (χ1n) is 17.0. The van der Waals surface area contributed by atoms with Crippen molar-refractivity contribution in [2.75, 3.05) is 19.8 Å². The summed E-state index contributed by atoms with van der Waals surface area (Å²) in [5.41, 5.74) is -3.76. The van der Waals surface area contributed by atoms with Gasteiger partial charge in [0.1, 0.15) is 0 Å². The Morgan fingerprint density at radius 2 is 0.653 bits per heavy atom. The van der Waals surface area contributed by atoms with Crippen molar-refractivity contribution >= 4 is 62.0 Å². The van der Waals surface area contributed by atoms with E-state index in [0.717, 1.165) is 0 Å². The summed E-state index contributed by atoms with van der Waals surface area (Å²) in [5.74, 6) is -4.70. The van der Waals surface area contributed by atoms with Crippen LogP contribution in [0.5, 0.6) is 0 Å². The van der Waals surface area contributed by atoms with Crippen LogP contribution in [0.1, 0.15) is 122 Å². The van der Waals surface area contributed by atoms with Gasteiger partial charge in [-0.15, -0.1) is 0 Å². The molecule has 0 aromatic carbocycles. The van der Waals surface area contributed by atoms with E-state index in [1.165, 1.54) is 0 Å². The van der Waals surface area contributed by atoms with Crippen molar-refractivity contribution in [2.45, 2.75) is 122 Å². The number of aliphatic carboxylic acids is 3. The second-order valence-corrected chi connectivity index (χ2v) is 15.6. The van der Waals surface area contributed by atoms with Crippen molar-refractivity contribution in [2.24, 2.45) is 50.2 Å². The molecule has 0 saturated heterocycles. The Hall–Kier alpha value is -2.30. The van der Waals surface area contributed by atoms with E-state index in [0.29, 0.717) is 58.3 Å². The van der Waals surface area contributed by atoms with Gasteiger partial charge in [-0.25, -0.2) is 0 Å². The van der Waals surface area contributed by atoms with Crippen molar-refractivity contribution in [3.05, 3.63) is 0 Å². The number of rotatable bonds is 9. The molecule has 0 spiro atoms. The average molecular weight is 894 g/mol. The van der Waals surface area contributed by atoms with Crippen molar-refractivity contribution < 1.29 is 58.3 Å². The van der Waals surface area contributed by atoms with Gasteiger partial charge in [-0.3, -0.25) is 28.8 Å². The Balaban J connectivity index is 0.000000698. The van der Waals surface area contributed by atoms with E-state index >= 15 is 0 Å². The summed E-state index contributed by atoms with van der Waals surface area (Å²) in [6.07, 6.45) is 3.36. The summed E-state index contributed by atoms with van der Waals surface area (Å²) in [6, 6.07) is 0. The second-order valence-electron chi connectivity index (χ2n) is 15.6. The molecule has 0 aromatic rings. The predicted octanol–water partition coefficient (Wildman–Crippen LogP) is 5.85. The maximum atomic E-state index is 11.9. The molecular weight excluding hydrogens is 833 g/mol. The van der Waals surface area contributed by atoms with Gasteiger partial charge in [0, 0.05) is 26.2 Å². The minimum Gasteiger partial charge on any atom is -0.481 e. The third-order valence-corrected chi connectivity index (χ3v) is 12.8. The molecule has 3 N–H and O–H groups in total. The monoisotopic (exact) mass is 893 g/mol. The standard InChI is InChI=1S/3C12H20O4.Bi/c3*1-5-16-10(15)12(4)7-6-8(9(13)14)11(12,2)3;/h3*8H,5-7H2,1-4H3,(H,13,14);. The molecule has 6 atom stereocenters. The first kappa shape index (κ1) is 46.7. The van der Waals surface area contributed by atoms with Gasteiger partial charge >= 0.3 is 35.8 Å². The van der Waals surface area contributed by atoms with Crippen molar-refractivity contribution in [3.8, 4) is 0 Å². The van der Waals surface area contributed by atoms with Gasteiger partial charge in [0.05, 0.1) is 53.8 Å². The zero-order valence-electron chi connectivity index (χ0n) is 31.6. The number of carboxylic acid groups (broad SMARTS) is 3. The molecule has 3 rings (SSSR count). The molecule has 13 heteroatoms. The van der Waals surface area contributed by atoms with E-state index in [2.05, 4.69) is 0 Å². The molecule has 0 amide bonds. The molecule has 6 unspecified atom stereocenters. The average Bonchev–Trinajstić information content (AvgIpc) is 3.48. The Bertz CT molecular complexity index is 1080. The van der Waals surface area contributed by atoms with Crippen LogP contribution in [0, 0.1) is 50.2 Å². The first-order chi connectivity index (χ1) is 21.8. The van der Waals surface area contributed by atoms with Crippen molar-refractivity contribution in [3.63, 3.8) is 0 Å². The van der Waals surface area contributed by atoms with Gasteiger partial charge in [-0.2, -0.15) is 0 Å². The third kappa shape index (κ3) is 8.78. The fraction of sp³-hybridized carbons (Fsp3) is 0.833. The van der Waals surface area contributed by atoms with E-state index in [1.807, 2.05) is 62.3 Å². The molecule has 3 aliphatic rings. The molecule has 3 aliphatic carbocycles. The van der Waals surface area contributed by atoms with Gasteiger partial charge in [0.2, 0.25) is 0 Å². The minimum atomic E-state index is -0.821. The maximum Gasteiger partial charge on any atom is 0.312 e.